The molecule has 0 atom stereocenters. The van der Waals surface area contributed by atoms with E-state index in [0.717, 1.165) is 19.4 Å². The molecular weight excluding hydrogens is 202 g/mol. The highest BCUT2D eigenvalue weighted by atomic mass is 32.1. The van der Waals surface area contributed by atoms with Crippen LogP contribution in [-0.4, -0.2) is 6.54 Å². The Hall–Kier alpha value is -1.12. The molecule has 0 saturated carbocycles. The highest BCUT2D eigenvalue weighted by Crippen LogP contribution is 2.25. The fourth-order valence-corrected chi connectivity index (χ4v) is 2.51. The van der Waals surface area contributed by atoms with Gasteiger partial charge in [-0.15, -0.1) is 11.3 Å². The van der Waals surface area contributed by atoms with E-state index in [0.29, 0.717) is 0 Å². The summed E-state index contributed by atoms with van der Waals surface area (Å²) in [6.45, 7) is 0.776. The van der Waals surface area contributed by atoms with Crippen molar-refractivity contribution in [3.63, 3.8) is 0 Å². The van der Waals surface area contributed by atoms with Crippen LogP contribution < -0.4 is 5.73 Å². The molecule has 2 aromatic rings. The van der Waals surface area contributed by atoms with Crippen molar-refractivity contribution in [1.29, 1.82) is 0 Å². The Kier molecular flexibility index (Phi) is 3.54. The summed E-state index contributed by atoms with van der Waals surface area (Å²) in [7, 11) is 0. The minimum Gasteiger partial charge on any atom is -0.330 e. The van der Waals surface area contributed by atoms with Gasteiger partial charge in [-0.1, -0.05) is 30.3 Å². The number of rotatable bonds is 4. The van der Waals surface area contributed by atoms with E-state index < -0.39 is 0 Å². The van der Waals surface area contributed by atoms with Crippen molar-refractivity contribution in [1.82, 2.24) is 0 Å². The SMILES string of the molecule is NCCCc1cc(-c2ccccc2)cs1. The van der Waals surface area contributed by atoms with Gasteiger partial charge in [0.15, 0.2) is 0 Å². The van der Waals surface area contributed by atoms with Gasteiger partial charge in [0, 0.05) is 4.88 Å². The van der Waals surface area contributed by atoms with Crippen LogP contribution in [0.5, 0.6) is 0 Å². The molecule has 0 radical (unpaired) electrons. The smallest absolute Gasteiger partial charge is 0.00520 e. The summed E-state index contributed by atoms with van der Waals surface area (Å²) in [4.78, 5) is 1.43. The summed E-state index contributed by atoms with van der Waals surface area (Å²) in [6, 6.07) is 12.8. The average Bonchev–Trinajstić information content (AvgIpc) is 2.76. The molecule has 0 saturated heterocycles. The topological polar surface area (TPSA) is 26.0 Å². The van der Waals surface area contributed by atoms with Crippen LogP contribution in [0.25, 0.3) is 11.1 Å². The highest BCUT2D eigenvalue weighted by molar-refractivity contribution is 7.10. The van der Waals surface area contributed by atoms with Crippen molar-refractivity contribution < 1.29 is 0 Å². The summed E-state index contributed by atoms with van der Waals surface area (Å²) < 4.78 is 0. The fraction of sp³-hybridized carbons (Fsp3) is 0.231. The van der Waals surface area contributed by atoms with Crippen LogP contribution in [0.4, 0.5) is 0 Å². The van der Waals surface area contributed by atoms with Crippen LogP contribution in [0.1, 0.15) is 11.3 Å². The Labute approximate surface area is 94.6 Å². The molecule has 2 heteroatoms. The summed E-state index contributed by atoms with van der Waals surface area (Å²) >= 11 is 1.83. The third-order valence-electron chi connectivity index (χ3n) is 2.39. The lowest BCUT2D eigenvalue weighted by atomic mass is 10.1. The standard InChI is InChI=1S/C13H15NS/c14-8-4-7-13-9-12(10-15-13)11-5-2-1-3-6-11/h1-3,5-6,9-10H,4,7-8,14H2. The van der Waals surface area contributed by atoms with Gasteiger partial charge in [-0.05, 0) is 42.0 Å². The molecule has 1 nitrogen and oxygen atoms in total. The Bertz CT molecular complexity index is 405. The summed E-state index contributed by atoms with van der Waals surface area (Å²) in [5, 5.41) is 2.22. The first-order chi connectivity index (χ1) is 7.40. The van der Waals surface area contributed by atoms with E-state index in [9.17, 15) is 0 Å². The molecule has 78 valence electrons. The Morgan fingerprint density at radius 3 is 2.60 bits per heavy atom. The van der Waals surface area contributed by atoms with Gasteiger partial charge in [-0.3, -0.25) is 0 Å². The van der Waals surface area contributed by atoms with E-state index in [1.54, 1.807) is 0 Å². The molecule has 0 amide bonds. The van der Waals surface area contributed by atoms with Crippen LogP contribution in [0.15, 0.2) is 41.8 Å². The Morgan fingerprint density at radius 1 is 1.07 bits per heavy atom. The van der Waals surface area contributed by atoms with Gasteiger partial charge >= 0.3 is 0 Å². The Balaban J connectivity index is 2.14. The predicted molar refractivity (Wildman–Crippen MR) is 67.1 cm³/mol. The molecule has 2 N–H and O–H groups in total. The number of aryl methyl sites for hydroxylation is 1. The zero-order valence-corrected chi connectivity index (χ0v) is 9.46. The zero-order valence-electron chi connectivity index (χ0n) is 8.65. The second-order valence-electron chi connectivity index (χ2n) is 3.56. The normalized spacial score (nSPS) is 10.5. The first-order valence-corrected chi connectivity index (χ1v) is 6.11. The van der Waals surface area contributed by atoms with Crippen molar-refractivity contribution in [2.75, 3.05) is 6.54 Å². The van der Waals surface area contributed by atoms with Gasteiger partial charge in [0.25, 0.3) is 0 Å². The van der Waals surface area contributed by atoms with E-state index in [2.05, 4.69) is 35.7 Å². The maximum atomic E-state index is 5.50. The van der Waals surface area contributed by atoms with Crippen LogP contribution in [0.2, 0.25) is 0 Å². The van der Waals surface area contributed by atoms with Gasteiger partial charge in [0.2, 0.25) is 0 Å². The third kappa shape index (κ3) is 2.67. The maximum Gasteiger partial charge on any atom is 0.00520 e. The van der Waals surface area contributed by atoms with Crippen LogP contribution in [0, 0.1) is 0 Å². The Morgan fingerprint density at radius 2 is 1.87 bits per heavy atom. The molecule has 0 bridgehead atoms. The number of nitrogens with two attached hydrogens (primary N) is 1. The van der Waals surface area contributed by atoms with E-state index in [4.69, 9.17) is 5.73 Å². The minimum atomic E-state index is 0.776. The molecule has 15 heavy (non-hydrogen) atoms. The monoisotopic (exact) mass is 217 g/mol. The second-order valence-corrected chi connectivity index (χ2v) is 4.56. The van der Waals surface area contributed by atoms with Gasteiger partial charge in [0.05, 0.1) is 0 Å². The number of benzene rings is 1. The molecule has 0 fully saturated rings. The largest absolute Gasteiger partial charge is 0.330 e. The van der Waals surface area contributed by atoms with Crippen LogP contribution in [0.3, 0.4) is 0 Å². The van der Waals surface area contributed by atoms with Crippen LogP contribution >= 0.6 is 11.3 Å². The molecule has 2 rings (SSSR count). The lowest BCUT2D eigenvalue weighted by Crippen LogP contribution is -1.99. The molecule has 1 aromatic heterocycles. The molecule has 1 heterocycles. The fourth-order valence-electron chi connectivity index (χ4n) is 1.57. The molecule has 0 aliphatic rings. The van der Waals surface area contributed by atoms with E-state index in [1.165, 1.54) is 16.0 Å². The van der Waals surface area contributed by atoms with Crippen molar-refractivity contribution in [2.45, 2.75) is 12.8 Å². The third-order valence-corrected chi connectivity index (χ3v) is 3.38. The maximum absolute atomic E-state index is 5.50. The molecule has 1 aromatic carbocycles. The van der Waals surface area contributed by atoms with Gasteiger partial charge in [-0.25, -0.2) is 0 Å². The van der Waals surface area contributed by atoms with E-state index in [1.807, 2.05) is 17.4 Å². The van der Waals surface area contributed by atoms with Gasteiger partial charge < -0.3 is 5.73 Å². The van der Waals surface area contributed by atoms with Crippen molar-refractivity contribution in [3.8, 4) is 11.1 Å². The van der Waals surface area contributed by atoms with Crippen LogP contribution in [-0.2, 0) is 6.42 Å². The molecule has 0 unspecified atom stereocenters. The highest BCUT2D eigenvalue weighted by Gasteiger charge is 2.01. The predicted octanol–water partition coefficient (Wildman–Crippen LogP) is 3.31. The van der Waals surface area contributed by atoms with Crippen molar-refractivity contribution in [3.05, 3.63) is 46.7 Å². The quantitative estimate of drug-likeness (QED) is 0.835. The number of hydrogen-bond donors (Lipinski definition) is 1. The summed E-state index contributed by atoms with van der Waals surface area (Å²) in [6.07, 6.45) is 2.18. The summed E-state index contributed by atoms with van der Waals surface area (Å²) in [5.41, 5.74) is 8.12. The van der Waals surface area contributed by atoms with Gasteiger partial charge in [-0.2, -0.15) is 0 Å². The number of hydrogen-bond acceptors (Lipinski definition) is 2. The average molecular weight is 217 g/mol. The van der Waals surface area contributed by atoms with E-state index in [-0.39, 0.29) is 0 Å². The number of thiophene rings is 1. The van der Waals surface area contributed by atoms with Crippen molar-refractivity contribution in [2.24, 2.45) is 5.73 Å². The van der Waals surface area contributed by atoms with Gasteiger partial charge in [0.1, 0.15) is 0 Å². The second kappa shape index (κ2) is 5.10. The first kappa shape index (κ1) is 10.4. The molecule has 0 aliphatic carbocycles. The van der Waals surface area contributed by atoms with Crippen molar-refractivity contribution >= 4 is 11.3 Å². The molecular formula is C13H15NS. The first-order valence-electron chi connectivity index (χ1n) is 5.23. The lowest BCUT2D eigenvalue weighted by molar-refractivity contribution is 0.843. The summed E-state index contributed by atoms with van der Waals surface area (Å²) in [5.74, 6) is 0. The lowest BCUT2D eigenvalue weighted by Gasteiger charge is -1.95. The molecule has 0 aliphatic heterocycles. The molecule has 0 spiro atoms. The minimum absolute atomic E-state index is 0.776. The zero-order chi connectivity index (χ0) is 10.5. The van der Waals surface area contributed by atoms with E-state index >= 15 is 0 Å².